The molecule has 3 N–H and O–H groups in total. The van der Waals surface area contributed by atoms with Gasteiger partial charge in [0.15, 0.2) is 0 Å². The molecule has 204 valence electrons. The third kappa shape index (κ3) is 6.07. The highest BCUT2D eigenvalue weighted by Gasteiger charge is 2.47. The summed E-state index contributed by atoms with van der Waals surface area (Å²) in [6.07, 6.45) is -0.439. The number of nitrogens with zero attached hydrogens (tertiary/aromatic N) is 1. The van der Waals surface area contributed by atoms with Gasteiger partial charge in [0.05, 0.1) is 11.0 Å². The third-order valence-electron chi connectivity index (χ3n) is 7.27. The first-order valence-electron chi connectivity index (χ1n) is 13.2. The molecule has 2 rings (SSSR count). The molecule has 2 amide bonds. The lowest BCUT2D eigenvalue weighted by Gasteiger charge is -2.51. The maximum Gasteiger partial charge on any atom is 0.244 e. The van der Waals surface area contributed by atoms with Crippen LogP contribution in [-0.2, 0) is 25.8 Å². The minimum absolute atomic E-state index is 0.0201. The van der Waals surface area contributed by atoms with E-state index < -0.39 is 17.1 Å². The van der Waals surface area contributed by atoms with Crippen LogP contribution in [0.15, 0.2) is 12.1 Å². The van der Waals surface area contributed by atoms with Gasteiger partial charge >= 0.3 is 0 Å². The van der Waals surface area contributed by atoms with Gasteiger partial charge < -0.3 is 15.3 Å². The Balaban J connectivity index is 2.54. The highest BCUT2D eigenvalue weighted by atomic mass is 16.3. The number of carbonyl (C=O) groups excluding carboxylic acids is 2. The van der Waals surface area contributed by atoms with Crippen LogP contribution in [0.4, 0.5) is 0 Å². The van der Waals surface area contributed by atoms with Gasteiger partial charge in [-0.25, -0.2) is 0 Å². The predicted octanol–water partition coefficient (Wildman–Crippen LogP) is 5.35. The zero-order valence-electron chi connectivity index (χ0n) is 25.2. The van der Waals surface area contributed by atoms with Crippen molar-refractivity contribution in [3.63, 3.8) is 0 Å². The molecule has 0 radical (unpaired) electrons. The number of aromatic hydroxyl groups is 1. The number of piperazine rings is 1. The fraction of sp³-hybridized carbons (Fsp3) is 0.733. The lowest BCUT2D eigenvalue weighted by atomic mass is 9.74. The van der Waals surface area contributed by atoms with Crippen LogP contribution in [0.1, 0.15) is 114 Å². The minimum atomic E-state index is -0.886. The smallest absolute Gasteiger partial charge is 0.244 e. The van der Waals surface area contributed by atoms with Crippen LogP contribution in [0.25, 0.3) is 0 Å². The first kappa shape index (κ1) is 30.1. The summed E-state index contributed by atoms with van der Waals surface area (Å²) in [6, 6.07) is 3.94. The molecule has 1 heterocycles. The van der Waals surface area contributed by atoms with Gasteiger partial charge in [0.1, 0.15) is 11.9 Å². The average molecular weight is 502 g/mol. The topological polar surface area (TPSA) is 81.7 Å². The zero-order chi connectivity index (χ0) is 28.2. The molecule has 1 atom stereocenters. The molecule has 36 heavy (non-hydrogen) atoms. The van der Waals surface area contributed by atoms with Crippen molar-refractivity contribution in [1.82, 2.24) is 15.5 Å². The van der Waals surface area contributed by atoms with Crippen molar-refractivity contribution >= 4 is 11.8 Å². The van der Waals surface area contributed by atoms with Crippen molar-refractivity contribution in [3.8, 4) is 5.75 Å². The molecular weight excluding hydrogens is 450 g/mol. The Labute approximate surface area is 219 Å². The highest BCUT2D eigenvalue weighted by Crippen LogP contribution is 2.42. The minimum Gasteiger partial charge on any atom is -0.507 e. The molecule has 1 aromatic carbocycles. The SMILES string of the molecule is CC(C)C(NC(=O)C(C)(C)c1cc(C(C)(C)C)c(O)c(C(C)(C)C)c1)N1CC(C)(C)NC(C)(C)C1=O. The fourth-order valence-corrected chi connectivity index (χ4v) is 5.21. The van der Waals surface area contributed by atoms with Crippen molar-refractivity contribution in [3.05, 3.63) is 28.8 Å². The number of hydrogen-bond acceptors (Lipinski definition) is 4. The molecule has 0 saturated carbocycles. The normalized spacial score (nSPS) is 19.4. The van der Waals surface area contributed by atoms with Crippen LogP contribution in [0.3, 0.4) is 0 Å². The Bertz CT molecular complexity index is 972. The molecule has 0 aromatic heterocycles. The third-order valence-corrected chi connectivity index (χ3v) is 7.27. The van der Waals surface area contributed by atoms with Crippen LogP contribution >= 0.6 is 0 Å². The maximum absolute atomic E-state index is 13.9. The first-order valence-corrected chi connectivity index (χ1v) is 13.2. The van der Waals surface area contributed by atoms with Gasteiger partial charge in [-0.2, -0.15) is 0 Å². The van der Waals surface area contributed by atoms with E-state index in [0.717, 1.165) is 16.7 Å². The Morgan fingerprint density at radius 3 is 1.81 bits per heavy atom. The molecule has 0 aliphatic carbocycles. The summed E-state index contributed by atoms with van der Waals surface area (Å²) < 4.78 is 0. The Kier molecular flexibility index (Phi) is 7.82. The second kappa shape index (κ2) is 9.34. The van der Waals surface area contributed by atoms with Gasteiger partial charge in [0, 0.05) is 12.1 Å². The van der Waals surface area contributed by atoms with Crippen molar-refractivity contribution in [2.24, 2.45) is 5.92 Å². The largest absolute Gasteiger partial charge is 0.507 e. The van der Waals surface area contributed by atoms with Gasteiger partial charge in [-0.05, 0) is 75.0 Å². The predicted molar refractivity (Wildman–Crippen MR) is 148 cm³/mol. The standard InChI is InChI=1S/C30H51N3O3/c1-18(2)23(33-17-28(9,10)32-30(13,14)25(33)36)31-24(35)29(11,12)19-15-20(26(3,4)5)22(34)21(16-19)27(6,7)8/h15-16,18,23,32,34H,17H2,1-14H3,(H,31,35). The number of rotatable bonds is 5. The van der Waals surface area contributed by atoms with Crippen molar-refractivity contribution in [2.75, 3.05) is 6.54 Å². The van der Waals surface area contributed by atoms with E-state index in [9.17, 15) is 14.7 Å². The molecule has 1 unspecified atom stereocenters. The molecule has 1 saturated heterocycles. The second-order valence-corrected chi connectivity index (χ2v) is 14.8. The van der Waals surface area contributed by atoms with Crippen molar-refractivity contribution in [2.45, 2.75) is 130 Å². The maximum atomic E-state index is 13.9. The molecule has 6 heteroatoms. The number of phenolic OH excluding ortho intramolecular Hbond substituents is 1. The number of nitrogens with one attached hydrogen (secondary N) is 2. The molecule has 1 aromatic rings. The van der Waals surface area contributed by atoms with E-state index in [1.807, 2.05) is 58.6 Å². The fourth-order valence-electron chi connectivity index (χ4n) is 5.21. The number of hydrogen-bond donors (Lipinski definition) is 3. The summed E-state index contributed by atoms with van der Waals surface area (Å²) in [5.41, 5.74) is 0.0135. The van der Waals surface area contributed by atoms with Gasteiger partial charge in [0.2, 0.25) is 11.8 Å². The van der Waals surface area contributed by atoms with E-state index in [2.05, 4.69) is 66.0 Å². The van der Waals surface area contributed by atoms with Crippen LogP contribution in [-0.4, -0.2) is 45.6 Å². The summed E-state index contributed by atoms with van der Waals surface area (Å²) in [4.78, 5) is 29.2. The summed E-state index contributed by atoms with van der Waals surface area (Å²) in [5, 5.41) is 17.8. The molecule has 6 nitrogen and oxygen atoms in total. The van der Waals surface area contributed by atoms with Gasteiger partial charge in [-0.15, -0.1) is 0 Å². The monoisotopic (exact) mass is 501 g/mol. The van der Waals surface area contributed by atoms with Crippen LogP contribution < -0.4 is 10.6 Å². The van der Waals surface area contributed by atoms with E-state index in [4.69, 9.17) is 0 Å². The summed E-state index contributed by atoms with van der Waals surface area (Å²) in [5.74, 6) is 0.154. The first-order chi connectivity index (χ1) is 15.9. The molecule has 1 aliphatic heterocycles. The Morgan fingerprint density at radius 2 is 1.42 bits per heavy atom. The number of amides is 2. The summed E-state index contributed by atoms with van der Waals surface area (Å²) in [6.45, 7) is 28.8. The molecular formula is C30H51N3O3. The van der Waals surface area contributed by atoms with Crippen molar-refractivity contribution in [1.29, 1.82) is 0 Å². The highest BCUT2D eigenvalue weighted by molar-refractivity contribution is 5.90. The van der Waals surface area contributed by atoms with E-state index in [1.165, 1.54) is 0 Å². The van der Waals surface area contributed by atoms with E-state index in [1.54, 1.807) is 0 Å². The van der Waals surface area contributed by atoms with Gasteiger partial charge in [0.25, 0.3) is 0 Å². The molecule has 0 spiro atoms. The van der Waals surface area contributed by atoms with Gasteiger partial charge in [-0.3, -0.25) is 14.9 Å². The number of phenols is 1. The summed E-state index contributed by atoms with van der Waals surface area (Å²) in [7, 11) is 0. The number of benzene rings is 1. The van der Waals surface area contributed by atoms with E-state index in [0.29, 0.717) is 12.3 Å². The Hall–Kier alpha value is -2.08. The molecule has 1 aliphatic rings. The van der Waals surface area contributed by atoms with Crippen LogP contribution in [0.2, 0.25) is 0 Å². The van der Waals surface area contributed by atoms with E-state index in [-0.39, 0.29) is 34.1 Å². The van der Waals surface area contributed by atoms with Crippen LogP contribution in [0, 0.1) is 5.92 Å². The van der Waals surface area contributed by atoms with Gasteiger partial charge in [-0.1, -0.05) is 67.5 Å². The molecule has 1 fully saturated rings. The van der Waals surface area contributed by atoms with Crippen molar-refractivity contribution < 1.29 is 14.7 Å². The number of carbonyl (C=O) groups is 2. The second-order valence-electron chi connectivity index (χ2n) is 14.8. The summed E-state index contributed by atoms with van der Waals surface area (Å²) >= 11 is 0. The van der Waals surface area contributed by atoms with E-state index >= 15 is 0 Å². The quantitative estimate of drug-likeness (QED) is 0.508. The molecule has 0 bridgehead atoms. The Morgan fingerprint density at radius 1 is 0.972 bits per heavy atom. The zero-order valence-corrected chi connectivity index (χ0v) is 25.2. The lowest BCUT2D eigenvalue weighted by Crippen LogP contribution is -2.73. The average Bonchev–Trinajstić information content (AvgIpc) is 2.65. The van der Waals surface area contributed by atoms with Crippen LogP contribution in [0.5, 0.6) is 5.75 Å². The lowest BCUT2D eigenvalue weighted by molar-refractivity contribution is -0.150.